The lowest BCUT2D eigenvalue weighted by Gasteiger charge is -2.14. The van der Waals surface area contributed by atoms with Crippen LogP contribution in [0.15, 0.2) is 24.3 Å². The molecule has 0 amide bonds. The van der Waals surface area contributed by atoms with Crippen LogP contribution in [0.1, 0.15) is 24.5 Å². The summed E-state index contributed by atoms with van der Waals surface area (Å²) >= 11 is 0. The van der Waals surface area contributed by atoms with Gasteiger partial charge in [0, 0.05) is 13.2 Å². The standard InChI is InChI=1S/C13H18O3/c1-15-12-4-2-11(3-5-12)13(14)8-10-6-7-16-9-10/h2-5,10,13-14H,6-9H2,1H3. The highest BCUT2D eigenvalue weighted by Crippen LogP contribution is 2.27. The van der Waals surface area contributed by atoms with Crippen molar-refractivity contribution in [1.29, 1.82) is 0 Å². The van der Waals surface area contributed by atoms with Gasteiger partial charge in [0.1, 0.15) is 5.75 Å². The molecule has 0 aromatic heterocycles. The van der Waals surface area contributed by atoms with Crippen LogP contribution in [-0.4, -0.2) is 25.4 Å². The van der Waals surface area contributed by atoms with Crippen LogP contribution in [0.3, 0.4) is 0 Å². The van der Waals surface area contributed by atoms with E-state index >= 15 is 0 Å². The first-order valence-corrected chi connectivity index (χ1v) is 5.69. The van der Waals surface area contributed by atoms with Gasteiger partial charge in [0.15, 0.2) is 0 Å². The summed E-state index contributed by atoms with van der Waals surface area (Å²) in [6.07, 6.45) is 1.46. The van der Waals surface area contributed by atoms with Crippen molar-refractivity contribution in [2.45, 2.75) is 18.9 Å². The maximum Gasteiger partial charge on any atom is 0.118 e. The third kappa shape index (κ3) is 2.74. The number of hydrogen-bond acceptors (Lipinski definition) is 3. The fraction of sp³-hybridized carbons (Fsp3) is 0.538. The lowest BCUT2D eigenvalue weighted by atomic mass is 9.96. The topological polar surface area (TPSA) is 38.7 Å². The average Bonchev–Trinajstić information content (AvgIpc) is 2.82. The Bertz CT molecular complexity index is 314. The van der Waals surface area contributed by atoms with Crippen LogP contribution in [-0.2, 0) is 4.74 Å². The van der Waals surface area contributed by atoms with E-state index in [0.717, 1.165) is 37.4 Å². The van der Waals surface area contributed by atoms with Crippen molar-refractivity contribution in [1.82, 2.24) is 0 Å². The van der Waals surface area contributed by atoms with Gasteiger partial charge in [-0.2, -0.15) is 0 Å². The van der Waals surface area contributed by atoms with Crippen LogP contribution < -0.4 is 4.74 Å². The van der Waals surface area contributed by atoms with Crippen LogP contribution >= 0.6 is 0 Å². The third-order valence-electron chi connectivity index (χ3n) is 3.08. The van der Waals surface area contributed by atoms with Crippen LogP contribution in [0.5, 0.6) is 5.75 Å². The second-order valence-electron chi connectivity index (χ2n) is 4.25. The molecule has 0 spiro atoms. The monoisotopic (exact) mass is 222 g/mol. The van der Waals surface area contributed by atoms with Gasteiger partial charge < -0.3 is 14.6 Å². The summed E-state index contributed by atoms with van der Waals surface area (Å²) in [5, 5.41) is 10.0. The van der Waals surface area contributed by atoms with E-state index in [4.69, 9.17) is 9.47 Å². The van der Waals surface area contributed by atoms with Gasteiger partial charge in [-0.25, -0.2) is 0 Å². The Morgan fingerprint density at radius 2 is 2.19 bits per heavy atom. The molecule has 1 aliphatic rings. The smallest absolute Gasteiger partial charge is 0.118 e. The minimum absolute atomic E-state index is 0.391. The van der Waals surface area contributed by atoms with Gasteiger partial charge in [-0.05, 0) is 36.5 Å². The van der Waals surface area contributed by atoms with Crippen molar-refractivity contribution in [3.63, 3.8) is 0 Å². The Morgan fingerprint density at radius 3 is 2.75 bits per heavy atom. The summed E-state index contributed by atoms with van der Waals surface area (Å²) in [4.78, 5) is 0. The molecule has 0 bridgehead atoms. The molecule has 1 N–H and O–H groups in total. The Balaban J connectivity index is 1.94. The third-order valence-corrected chi connectivity index (χ3v) is 3.08. The molecular formula is C13H18O3. The molecule has 2 atom stereocenters. The highest BCUT2D eigenvalue weighted by molar-refractivity contribution is 5.28. The van der Waals surface area contributed by atoms with E-state index < -0.39 is 6.10 Å². The predicted octanol–water partition coefficient (Wildman–Crippen LogP) is 2.16. The summed E-state index contributed by atoms with van der Waals surface area (Å²) in [5.41, 5.74) is 0.952. The summed E-state index contributed by atoms with van der Waals surface area (Å²) in [7, 11) is 1.64. The molecule has 1 heterocycles. The molecule has 1 aromatic rings. The molecule has 2 unspecified atom stereocenters. The SMILES string of the molecule is COc1ccc(C(O)CC2CCOC2)cc1. The number of benzene rings is 1. The Labute approximate surface area is 96.0 Å². The van der Waals surface area contributed by atoms with Gasteiger partial charge in [0.25, 0.3) is 0 Å². The highest BCUT2D eigenvalue weighted by Gasteiger charge is 2.20. The van der Waals surface area contributed by atoms with Crippen molar-refractivity contribution < 1.29 is 14.6 Å². The van der Waals surface area contributed by atoms with Crippen molar-refractivity contribution in [3.8, 4) is 5.75 Å². The van der Waals surface area contributed by atoms with Crippen molar-refractivity contribution in [3.05, 3.63) is 29.8 Å². The maximum absolute atomic E-state index is 10.0. The lowest BCUT2D eigenvalue weighted by Crippen LogP contribution is -2.07. The molecule has 88 valence electrons. The molecule has 2 rings (SSSR count). The normalized spacial score (nSPS) is 22.0. The summed E-state index contributed by atoms with van der Waals surface area (Å²) in [6, 6.07) is 7.59. The first-order chi connectivity index (χ1) is 7.79. The van der Waals surface area contributed by atoms with E-state index in [1.165, 1.54) is 0 Å². The van der Waals surface area contributed by atoms with E-state index in [1.54, 1.807) is 7.11 Å². The Hall–Kier alpha value is -1.06. The Morgan fingerprint density at radius 1 is 1.44 bits per heavy atom. The molecule has 1 aliphatic heterocycles. The first kappa shape index (κ1) is 11.4. The van der Waals surface area contributed by atoms with Crippen LogP contribution in [0.4, 0.5) is 0 Å². The molecule has 1 fully saturated rings. The van der Waals surface area contributed by atoms with Gasteiger partial charge >= 0.3 is 0 Å². The van der Waals surface area contributed by atoms with Gasteiger partial charge in [-0.1, -0.05) is 12.1 Å². The van der Waals surface area contributed by atoms with E-state index in [-0.39, 0.29) is 0 Å². The molecule has 1 saturated heterocycles. The minimum atomic E-state index is -0.391. The molecule has 3 heteroatoms. The average molecular weight is 222 g/mol. The van der Waals surface area contributed by atoms with Crippen molar-refractivity contribution >= 4 is 0 Å². The van der Waals surface area contributed by atoms with Gasteiger partial charge in [0.2, 0.25) is 0 Å². The van der Waals surface area contributed by atoms with E-state index in [2.05, 4.69) is 0 Å². The maximum atomic E-state index is 10.0. The lowest BCUT2D eigenvalue weighted by molar-refractivity contribution is 0.129. The number of aliphatic hydroxyl groups excluding tert-OH is 1. The number of rotatable bonds is 4. The van der Waals surface area contributed by atoms with E-state index in [0.29, 0.717) is 5.92 Å². The van der Waals surface area contributed by atoms with Gasteiger partial charge in [0.05, 0.1) is 13.2 Å². The quantitative estimate of drug-likeness (QED) is 0.848. The predicted molar refractivity (Wildman–Crippen MR) is 61.5 cm³/mol. The zero-order valence-corrected chi connectivity index (χ0v) is 9.56. The van der Waals surface area contributed by atoms with Gasteiger partial charge in [-0.15, -0.1) is 0 Å². The molecule has 0 radical (unpaired) electrons. The minimum Gasteiger partial charge on any atom is -0.497 e. The van der Waals surface area contributed by atoms with Crippen LogP contribution in [0.2, 0.25) is 0 Å². The molecule has 16 heavy (non-hydrogen) atoms. The summed E-state index contributed by atoms with van der Waals surface area (Å²) < 4.78 is 10.4. The van der Waals surface area contributed by atoms with Gasteiger partial charge in [-0.3, -0.25) is 0 Å². The van der Waals surface area contributed by atoms with E-state index in [9.17, 15) is 5.11 Å². The number of ether oxygens (including phenoxy) is 2. The first-order valence-electron chi connectivity index (χ1n) is 5.69. The molecule has 0 saturated carbocycles. The fourth-order valence-electron chi connectivity index (χ4n) is 2.05. The molecule has 0 aliphatic carbocycles. The van der Waals surface area contributed by atoms with Crippen molar-refractivity contribution in [2.75, 3.05) is 20.3 Å². The number of hydrogen-bond donors (Lipinski definition) is 1. The molecule has 1 aromatic carbocycles. The van der Waals surface area contributed by atoms with Crippen molar-refractivity contribution in [2.24, 2.45) is 5.92 Å². The second kappa shape index (κ2) is 5.32. The largest absolute Gasteiger partial charge is 0.497 e. The van der Waals surface area contributed by atoms with Crippen LogP contribution in [0.25, 0.3) is 0 Å². The summed E-state index contributed by atoms with van der Waals surface area (Å²) in [5.74, 6) is 1.32. The van der Waals surface area contributed by atoms with Crippen LogP contribution in [0, 0.1) is 5.92 Å². The second-order valence-corrected chi connectivity index (χ2v) is 4.25. The fourth-order valence-corrected chi connectivity index (χ4v) is 2.05. The zero-order chi connectivity index (χ0) is 11.4. The Kier molecular flexibility index (Phi) is 3.80. The zero-order valence-electron chi connectivity index (χ0n) is 9.56. The summed E-state index contributed by atoms with van der Waals surface area (Å²) in [6.45, 7) is 1.62. The number of aliphatic hydroxyl groups is 1. The number of methoxy groups -OCH3 is 1. The highest BCUT2D eigenvalue weighted by atomic mass is 16.5. The molecule has 3 nitrogen and oxygen atoms in total. The molecular weight excluding hydrogens is 204 g/mol. The van der Waals surface area contributed by atoms with E-state index in [1.807, 2.05) is 24.3 Å².